The van der Waals surface area contributed by atoms with Crippen LogP contribution in [0.5, 0.6) is 0 Å². The van der Waals surface area contributed by atoms with Crippen LogP contribution in [0.3, 0.4) is 0 Å². The third-order valence-electron chi connectivity index (χ3n) is 4.30. The number of nitrogens with zero attached hydrogens (tertiary/aromatic N) is 1. The number of halogens is 2. The molecular weight excluding hydrogens is 263 g/mol. The van der Waals surface area contributed by atoms with Gasteiger partial charge >= 0.3 is 0 Å². The second-order valence-corrected chi connectivity index (χ2v) is 6.23. The third-order valence-corrected chi connectivity index (χ3v) is 4.63. The molecular formula is C15H20ClFN2. The normalized spacial score (nSPS) is 27.9. The van der Waals surface area contributed by atoms with Crippen LogP contribution in [0, 0.1) is 11.7 Å². The van der Waals surface area contributed by atoms with Crippen molar-refractivity contribution >= 4 is 11.6 Å². The summed E-state index contributed by atoms with van der Waals surface area (Å²) in [5.74, 6) is 0.301. The molecule has 2 aliphatic rings. The third kappa shape index (κ3) is 2.93. The Hall–Kier alpha value is -0.640. The molecule has 0 aromatic heterocycles. The zero-order chi connectivity index (χ0) is 13.4. The molecule has 104 valence electrons. The van der Waals surface area contributed by atoms with E-state index in [4.69, 9.17) is 11.6 Å². The lowest BCUT2D eigenvalue weighted by molar-refractivity contribution is 0.271. The van der Waals surface area contributed by atoms with Crippen molar-refractivity contribution in [2.24, 2.45) is 5.92 Å². The molecule has 3 rings (SSSR count). The van der Waals surface area contributed by atoms with E-state index < -0.39 is 0 Å². The van der Waals surface area contributed by atoms with E-state index in [2.05, 4.69) is 17.3 Å². The first kappa shape index (κ1) is 13.3. The van der Waals surface area contributed by atoms with E-state index in [9.17, 15) is 4.39 Å². The monoisotopic (exact) mass is 282 g/mol. The molecule has 1 saturated carbocycles. The fraction of sp³-hybridized carbons (Fsp3) is 0.600. The van der Waals surface area contributed by atoms with Crippen molar-refractivity contribution < 1.29 is 4.39 Å². The molecule has 2 unspecified atom stereocenters. The summed E-state index contributed by atoms with van der Waals surface area (Å²) in [4.78, 5) is 2.33. The molecule has 0 spiro atoms. The molecule has 1 N–H and O–H groups in total. The molecule has 2 fully saturated rings. The predicted octanol–water partition coefficient (Wildman–Crippen LogP) is 3.22. The van der Waals surface area contributed by atoms with Crippen LogP contribution in [-0.2, 0) is 0 Å². The summed E-state index contributed by atoms with van der Waals surface area (Å²) in [6.07, 6.45) is 3.80. The first-order valence-electron chi connectivity index (χ1n) is 7.03. The van der Waals surface area contributed by atoms with Gasteiger partial charge in [0.05, 0.1) is 0 Å². The number of likely N-dealkylation sites (tertiary alicyclic amines) is 1. The average Bonchev–Trinajstić information content (AvgIpc) is 3.12. The van der Waals surface area contributed by atoms with Crippen LogP contribution in [-0.4, -0.2) is 31.1 Å². The number of rotatable bonds is 4. The average molecular weight is 283 g/mol. The molecule has 1 aromatic carbocycles. The van der Waals surface area contributed by atoms with Gasteiger partial charge in [0, 0.05) is 23.7 Å². The zero-order valence-electron chi connectivity index (χ0n) is 11.2. The van der Waals surface area contributed by atoms with Gasteiger partial charge in [-0.25, -0.2) is 4.39 Å². The van der Waals surface area contributed by atoms with Gasteiger partial charge in [-0.05, 0) is 56.5 Å². The quantitative estimate of drug-likeness (QED) is 0.912. The molecule has 0 amide bonds. The fourth-order valence-electron chi connectivity index (χ4n) is 3.08. The van der Waals surface area contributed by atoms with Gasteiger partial charge in [-0.15, -0.1) is 0 Å². The molecule has 19 heavy (non-hydrogen) atoms. The minimum atomic E-state index is -0.262. The van der Waals surface area contributed by atoms with Crippen LogP contribution >= 0.6 is 11.6 Å². The van der Waals surface area contributed by atoms with E-state index >= 15 is 0 Å². The second kappa shape index (κ2) is 5.39. The first-order chi connectivity index (χ1) is 9.15. The van der Waals surface area contributed by atoms with Gasteiger partial charge in [-0.3, -0.25) is 4.90 Å². The smallest absolute Gasteiger partial charge is 0.124 e. The Kier molecular flexibility index (Phi) is 3.79. The highest BCUT2D eigenvalue weighted by molar-refractivity contribution is 6.31. The number of benzene rings is 1. The lowest BCUT2D eigenvalue weighted by Gasteiger charge is -2.26. The first-order valence-corrected chi connectivity index (χ1v) is 7.41. The van der Waals surface area contributed by atoms with Crippen molar-refractivity contribution in [3.63, 3.8) is 0 Å². The van der Waals surface area contributed by atoms with E-state index in [1.807, 2.05) is 6.07 Å². The Bertz CT molecular complexity index is 461. The van der Waals surface area contributed by atoms with Gasteiger partial charge < -0.3 is 5.32 Å². The summed E-state index contributed by atoms with van der Waals surface area (Å²) in [5.41, 5.74) is 1.06. The largest absolute Gasteiger partial charge is 0.314 e. The molecule has 1 saturated heterocycles. The minimum absolute atomic E-state index is 0.262. The van der Waals surface area contributed by atoms with Crippen molar-refractivity contribution in [1.29, 1.82) is 0 Å². The molecule has 0 bridgehead atoms. The van der Waals surface area contributed by atoms with Gasteiger partial charge in [0.15, 0.2) is 0 Å². The lowest BCUT2D eigenvalue weighted by atomic mass is 9.93. The van der Waals surface area contributed by atoms with Crippen LogP contribution < -0.4 is 5.32 Å². The Morgan fingerprint density at radius 1 is 1.37 bits per heavy atom. The van der Waals surface area contributed by atoms with Crippen molar-refractivity contribution in [2.75, 3.05) is 20.1 Å². The maximum absolute atomic E-state index is 13.2. The summed E-state index contributed by atoms with van der Waals surface area (Å²) in [7, 11) is 2.13. The lowest BCUT2D eigenvalue weighted by Crippen LogP contribution is -2.29. The molecule has 0 radical (unpaired) electrons. The highest BCUT2D eigenvalue weighted by Crippen LogP contribution is 2.39. The van der Waals surface area contributed by atoms with Gasteiger partial charge in [0.2, 0.25) is 0 Å². The van der Waals surface area contributed by atoms with E-state index in [1.54, 1.807) is 0 Å². The zero-order valence-corrected chi connectivity index (χ0v) is 12.0. The molecule has 4 heteroatoms. The SMILES string of the molecule is CN1CCC(CNC2CC2)C1c1ccc(F)cc1Cl. The molecule has 1 aliphatic carbocycles. The van der Waals surface area contributed by atoms with Crippen molar-refractivity contribution in [3.8, 4) is 0 Å². The molecule has 2 nitrogen and oxygen atoms in total. The van der Waals surface area contributed by atoms with E-state index in [0.717, 1.165) is 24.7 Å². The summed E-state index contributed by atoms with van der Waals surface area (Å²) in [6.45, 7) is 2.11. The van der Waals surface area contributed by atoms with Crippen molar-refractivity contribution in [2.45, 2.75) is 31.3 Å². The Balaban J connectivity index is 1.77. The Morgan fingerprint density at radius 3 is 2.84 bits per heavy atom. The number of hydrogen-bond acceptors (Lipinski definition) is 2. The van der Waals surface area contributed by atoms with E-state index in [0.29, 0.717) is 17.0 Å². The van der Waals surface area contributed by atoms with Gasteiger partial charge in [-0.2, -0.15) is 0 Å². The van der Waals surface area contributed by atoms with Gasteiger partial charge in [-0.1, -0.05) is 17.7 Å². The molecule has 1 aliphatic heterocycles. The van der Waals surface area contributed by atoms with E-state index in [1.165, 1.54) is 31.4 Å². The van der Waals surface area contributed by atoms with Crippen LogP contribution in [0.2, 0.25) is 5.02 Å². The maximum Gasteiger partial charge on any atom is 0.124 e. The Labute approximate surface area is 118 Å². The number of nitrogens with one attached hydrogen (secondary N) is 1. The van der Waals surface area contributed by atoms with Crippen LogP contribution in [0.15, 0.2) is 18.2 Å². The van der Waals surface area contributed by atoms with Crippen LogP contribution in [0.4, 0.5) is 4.39 Å². The summed E-state index contributed by atoms with van der Waals surface area (Å²) in [5, 5.41) is 4.16. The number of hydrogen-bond donors (Lipinski definition) is 1. The molecule has 1 heterocycles. The highest BCUT2D eigenvalue weighted by atomic mass is 35.5. The standard InChI is InChI=1S/C15H20ClFN2/c1-19-7-6-10(9-18-12-3-4-12)15(19)13-5-2-11(17)8-14(13)16/h2,5,8,10,12,15,18H,3-4,6-7,9H2,1H3. The Morgan fingerprint density at radius 2 is 2.16 bits per heavy atom. The topological polar surface area (TPSA) is 15.3 Å². The second-order valence-electron chi connectivity index (χ2n) is 5.82. The molecule has 2 atom stereocenters. The summed E-state index contributed by atoms with van der Waals surface area (Å²) >= 11 is 6.23. The molecule has 1 aromatic rings. The van der Waals surface area contributed by atoms with Crippen molar-refractivity contribution in [1.82, 2.24) is 10.2 Å². The van der Waals surface area contributed by atoms with Gasteiger partial charge in [0.1, 0.15) is 5.82 Å². The van der Waals surface area contributed by atoms with Gasteiger partial charge in [0.25, 0.3) is 0 Å². The highest BCUT2D eigenvalue weighted by Gasteiger charge is 2.35. The summed E-state index contributed by atoms with van der Waals surface area (Å²) < 4.78 is 13.2. The van der Waals surface area contributed by atoms with Crippen LogP contribution in [0.25, 0.3) is 0 Å². The summed E-state index contributed by atoms with van der Waals surface area (Å²) in [6, 6.07) is 5.82. The minimum Gasteiger partial charge on any atom is -0.314 e. The van der Waals surface area contributed by atoms with Crippen molar-refractivity contribution in [3.05, 3.63) is 34.6 Å². The van der Waals surface area contributed by atoms with Crippen LogP contribution in [0.1, 0.15) is 30.9 Å². The van der Waals surface area contributed by atoms with E-state index in [-0.39, 0.29) is 5.82 Å². The predicted molar refractivity (Wildman–Crippen MR) is 75.9 cm³/mol. The maximum atomic E-state index is 13.2. The fourth-order valence-corrected chi connectivity index (χ4v) is 3.36.